The van der Waals surface area contributed by atoms with E-state index < -0.39 is 0 Å². The molecule has 0 aliphatic carbocycles. The number of benzene rings is 1. The van der Waals surface area contributed by atoms with Crippen LogP contribution in [0.5, 0.6) is 0 Å². The number of guanidine groups is 1. The maximum Gasteiger partial charge on any atom is 0.194 e. The Hall–Kier alpha value is -2.67. The number of aryl methyl sites for hydroxylation is 2. The number of nitrogens with one attached hydrogen (secondary N) is 1. The molecule has 1 aromatic carbocycles. The van der Waals surface area contributed by atoms with Crippen LogP contribution in [0.3, 0.4) is 0 Å². The van der Waals surface area contributed by atoms with E-state index in [1.165, 1.54) is 0 Å². The van der Waals surface area contributed by atoms with Gasteiger partial charge in [-0.2, -0.15) is 5.10 Å². The van der Waals surface area contributed by atoms with Crippen LogP contribution in [0.15, 0.2) is 46.9 Å². The second kappa shape index (κ2) is 8.81. The van der Waals surface area contributed by atoms with E-state index in [0.29, 0.717) is 6.54 Å². The SMILES string of the molecule is CCNC(=NCc1ccccc1-n1ccc(C)n1)N(C)Cc1csc(C)n1. The van der Waals surface area contributed by atoms with Crippen LogP contribution in [0.1, 0.15) is 28.9 Å². The Morgan fingerprint density at radius 1 is 1.26 bits per heavy atom. The lowest BCUT2D eigenvalue weighted by Crippen LogP contribution is -2.38. The normalized spacial score (nSPS) is 11.6. The zero-order valence-electron chi connectivity index (χ0n) is 16.3. The molecule has 0 atom stereocenters. The summed E-state index contributed by atoms with van der Waals surface area (Å²) >= 11 is 1.68. The van der Waals surface area contributed by atoms with Crippen molar-refractivity contribution in [1.29, 1.82) is 0 Å². The van der Waals surface area contributed by atoms with Gasteiger partial charge in [0.1, 0.15) is 0 Å². The average molecular weight is 383 g/mol. The highest BCUT2D eigenvalue weighted by Gasteiger charge is 2.10. The third-order valence-electron chi connectivity index (χ3n) is 4.12. The Bertz CT molecular complexity index is 911. The maximum absolute atomic E-state index is 4.85. The number of aromatic nitrogens is 3. The minimum absolute atomic E-state index is 0.581. The third-order valence-corrected chi connectivity index (χ3v) is 4.94. The highest BCUT2D eigenvalue weighted by atomic mass is 32.1. The van der Waals surface area contributed by atoms with E-state index in [2.05, 4.69) is 44.7 Å². The summed E-state index contributed by atoms with van der Waals surface area (Å²) in [5, 5.41) is 11.1. The first kappa shape index (κ1) is 19.1. The van der Waals surface area contributed by atoms with Crippen molar-refractivity contribution in [3.63, 3.8) is 0 Å². The molecule has 0 aliphatic heterocycles. The van der Waals surface area contributed by atoms with E-state index in [1.54, 1.807) is 11.3 Å². The first-order valence-electron chi connectivity index (χ1n) is 9.08. The molecule has 0 bridgehead atoms. The summed E-state index contributed by atoms with van der Waals surface area (Å²) in [7, 11) is 2.04. The van der Waals surface area contributed by atoms with E-state index in [1.807, 2.05) is 50.0 Å². The molecule has 0 unspecified atom stereocenters. The van der Waals surface area contributed by atoms with Crippen molar-refractivity contribution in [2.45, 2.75) is 33.9 Å². The predicted octanol–water partition coefficient (Wildman–Crippen LogP) is 3.54. The third kappa shape index (κ3) is 4.95. The van der Waals surface area contributed by atoms with E-state index in [9.17, 15) is 0 Å². The van der Waals surface area contributed by atoms with Crippen LogP contribution in [-0.2, 0) is 13.1 Å². The first-order valence-corrected chi connectivity index (χ1v) is 9.95. The molecule has 27 heavy (non-hydrogen) atoms. The Morgan fingerprint density at radius 2 is 2.07 bits per heavy atom. The summed E-state index contributed by atoms with van der Waals surface area (Å²) in [5.74, 6) is 0.870. The molecule has 0 fully saturated rings. The van der Waals surface area contributed by atoms with Gasteiger partial charge in [0.05, 0.1) is 35.2 Å². The summed E-state index contributed by atoms with van der Waals surface area (Å²) in [4.78, 5) is 11.5. The van der Waals surface area contributed by atoms with Crippen molar-refractivity contribution in [3.05, 3.63) is 63.9 Å². The Labute approximate surface area is 164 Å². The highest BCUT2D eigenvalue weighted by molar-refractivity contribution is 7.09. The fourth-order valence-electron chi connectivity index (χ4n) is 2.85. The van der Waals surface area contributed by atoms with Crippen LogP contribution in [0.25, 0.3) is 5.69 Å². The Balaban J connectivity index is 1.79. The van der Waals surface area contributed by atoms with Crippen LogP contribution in [0, 0.1) is 13.8 Å². The van der Waals surface area contributed by atoms with Crippen molar-refractivity contribution >= 4 is 17.3 Å². The van der Waals surface area contributed by atoms with Gasteiger partial charge in [-0.3, -0.25) is 0 Å². The smallest absolute Gasteiger partial charge is 0.194 e. The van der Waals surface area contributed by atoms with E-state index >= 15 is 0 Å². The van der Waals surface area contributed by atoms with Crippen LogP contribution in [-0.4, -0.2) is 39.2 Å². The number of hydrogen-bond acceptors (Lipinski definition) is 4. The molecule has 7 heteroatoms. The number of hydrogen-bond donors (Lipinski definition) is 1. The Morgan fingerprint density at radius 3 is 2.74 bits per heavy atom. The van der Waals surface area contributed by atoms with Gasteiger partial charge in [-0.15, -0.1) is 11.3 Å². The molecule has 2 heterocycles. The summed E-state index contributed by atoms with van der Waals surface area (Å²) in [6.07, 6.45) is 1.99. The fraction of sp³-hybridized carbons (Fsp3) is 0.350. The number of aliphatic imine (C=N–C) groups is 1. The van der Waals surface area contributed by atoms with Crippen molar-refractivity contribution in [3.8, 4) is 5.69 Å². The topological polar surface area (TPSA) is 58.3 Å². The van der Waals surface area contributed by atoms with Gasteiger partial charge < -0.3 is 10.2 Å². The molecule has 142 valence electrons. The zero-order chi connectivity index (χ0) is 19.2. The van der Waals surface area contributed by atoms with Crippen LogP contribution in [0.4, 0.5) is 0 Å². The van der Waals surface area contributed by atoms with Crippen molar-refractivity contribution in [2.24, 2.45) is 4.99 Å². The second-order valence-electron chi connectivity index (χ2n) is 6.41. The lowest BCUT2D eigenvalue weighted by molar-refractivity contribution is 0.470. The summed E-state index contributed by atoms with van der Waals surface area (Å²) in [5.41, 5.74) is 4.26. The van der Waals surface area contributed by atoms with E-state index in [-0.39, 0.29) is 0 Å². The first-order chi connectivity index (χ1) is 13.1. The molecule has 0 saturated carbocycles. The monoisotopic (exact) mass is 382 g/mol. The molecule has 2 aromatic heterocycles. The molecule has 0 amide bonds. The van der Waals surface area contributed by atoms with Crippen molar-refractivity contribution in [2.75, 3.05) is 13.6 Å². The van der Waals surface area contributed by atoms with Gasteiger partial charge in [-0.25, -0.2) is 14.7 Å². The van der Waals surface area contributed by atoms with Gasteiger partial charge in [-0.05, 0) is 38.5 Å². The summed E-state index contributed by atoms with van der Waals surface area (Å²) in [6, 6.07) is 10.3. The largest absolute Gasteiger partial charge is 0.357 e. The minimum atomic E-state index is 0.581. The average Bonchev–Trinajstić information content (AvgIpc) is 3.27. The standard InChI is InChI=1S/C20H26N6S/c1-5-21-20(25(4)13-18-14-27-16(3)23-18)22-12-17-8-6-7-9-19(17)26-11-10-15(2)24-26/h6-11,14H,5,12-13H2,1-4H3,(H,21,22). The van der Waals surface area contributed by atoms with E-state index in [4.69, 9.17) is 4.99 Å². The molecule has 3 rings (SSSR count). The number of thiazole rings is 1. The van der Waals surface area contributed by atoms with Crippen LogP contribution in [0.2, 0.25) is 0 Å². The zero-order valence-corrected chi connectivity index (χ0v) is 17.1. The lowest BCUT2D eigenvalue weighted by atomic mass is 10.2. The highest BCUT2D eigenvalue weighted by Crippen LogP contribution is 2.16. The quantitative estimate of drug-likeness (QED) is 0.523. The number of nitrogens with zero attached hydrogens (tertiary/aromatic N) is 5. The molecule has 0 spiro atoms. The molecular weight excluding hydrogens is 356 g/mol. The van der Waals surface area contributed by atoms with Crippen molar-refractivity contribution in [1.82, 2.24) is 25.0 Å². The number of rotatable bonds is 6. The van der Waals surface area contributed by atoms with Gasteiger partial charge in [0.25, 0.3) is 0 Å². The predicted molar refractivity (Wildman–Crippen MR) is 111 cm³/mol. The summed E-state index contributed by atoms with van der Waals surface area (Å²) in [6.45, 7) is 8.24. The fourth-order valence-corrected chi connectivity index (χ4v) is 3.45. The molecule has 3 aromatic rings. The lowest BCUT2D eigenvalue weighted by Gasteiger charge is -2.21. The molecule has 0 saturated heterocycles. The maximum atomic E-state index is 4.85. The van der Waals surface area contributed by atoms with E-state index in [0.717, 1.165) is 46.7 Å². The summed E-state index contributed by atoms with van der Waals surface area (Å²) < 4.78 is 1.91. The van der Waals surface area contributed by atoms with Gasteiger partial charge in [-0.1, -0.05) is 18.2 Å². The van der Waals surface area contributed by atoms with Crippen molar-refractivity contribution < 1.29 is 0 Å². The minimum Gasteiger partial charge on any atom is -0.357 e. The Kier molecular flexibility index (Phi) is 6.24. The number of para-hydroxylation sites is 1. The molecule has 1 N–H and O–H groups in total. The molecular formula is C20H26N6S. The molecule has 0 aliphatic rings. The second-order valence-corrected chi connectivity index (χ2v) is 7.48. The van der Waals surface area contributed by atoms with Crippen LogP contribution < -0.4 is 5.32 Å². The molecule has 6 nitrogen and oxygen atoms in total. The van der Waals surface area contributed by atoms with Gasteiger partial charge in [0.2, 0.25) is 0 Å². The van der Waals surface area contributed by atoms with Crippen LogP contribution >= 0.6 is 11.3 Å². The van der Waals surface area contributed by atoms with Gasteiger partial charge in [0.15, 0.2) is 5.96 Å². The van der Waals surface area contributed by atoms with Gasteiger partial charge >= 0.3 is 0 Å². The molecule has 0 radical (unpaired) electrons. The van der Waals surface area contributed by atoms with Gasteiger partial charge in [0, 0.05) is 25.2 Å².